The topological polar surface area (TPSA) is 88.2 Å². The molecule has 1 aromatic heterocycles. The fraction of sp³-hybridized carbons (Fsp3) is 0. The van der Waals surface area contributed by atoms with Crippen LogP contribution >= 0.6 is 0 Å². The number of nitrogens with zero attached hydrogens (tertiary/aromatic N) is 1. The molecule has 4 rings (SSSR count). The molecule has 0 fully saturated rings. The van der Waals surface area contributed by atoms with E-state index in [1.54, 1.807) is 6.07 Å². The van der Waals surface area contributed by atoms with Crippen molar-refractivity contribution in [3.63, 3.8) is 0 Å². The minimum absolute atomic E-state index is 0.0869. The number of carbonyl (C=O) groups is 1. The number of halogens is 1. The third-order valence-corrected chi connectivity index (χ3v) is 5.73. The van der Waals surface area contributed by atoms with Crippen molar-refractivity contribution in [3.8, 4) is 0 Å². The number of nitrogens with one attached hydrogen (secondary N) is 2. The number of carbonyl (C=O) groups excluding carboxylic acids is 1. The fourth-order valence-electron chi connectivity index (χ4n) is 2.88. The summed E-state index contributed by atoms with van der Waals surface area (Å²) in [7, 11) is -3.95. The second kappa shape index (κ2) is 7.92. The number of anilines is 2. The molecule has 6 nitrogen and oxygen atoms in total. The largest absolute Gasteiger partial charge is 0.321 e. The van der Waals surface area contributed by atoms with E-state index in [4.69, 9.17) is 0 Å². The molecule has 0 atom stereocenters. The molecule has 4 aromatic rings. The average molecular weight is 421 g/mol. The van der Waals surface area contributed by atoms with Gasteiger partial charge in [0.05, 0.1) is 22.3 Å². The van der Waals surface area contributed by atoms with Gasteiger partial charge in [-0.05, 0) is 54.6 Å². The van der Waals surface area contributed by atoms with Gasteiger partial charge in [-0.25, -0.2) is 12.8 Å². The molecule has 0 unspecified atom stereocenters. The van der Waals surface area contributed by atoms with E-state index in [-0.39, 0.29) is 16.1 Å². The maximum absolute atomic E-state index is 13.0. The minimum atomic E-state index is -3.95. The Labute approximate surface area is 172 Å². The standard InChI is InChI=1S/C22H16FN3O3S/c23-17-8-10-18(11-9-17)26-30(28,29)20-6-3-5-16(13-20)22(27)25-19-12-15-4-1-2-7-21(15)24-14-19/h1-14,26H,(H,25,27). The second-order valence-corrected chi connectivity index (χ2v) is 8.19. The zero-order chi connectivity index (χ0) is 21.1. The number of aromatic nitrogens is 1. The Morgan fingerprint density at radius 2 is 1.63 bits per heavy atom. The first-order valence-corrected chi connectivity index (χ1v) is 10.4. The van der Waals surface area contributed by atoms with Crippen LogP contribution in [0.3, 0.4) is 0 Å². The van der Waals surface area contributed by atoms with Crippen molar-refractivity contribution >= 4 is 38.2 Å². The van der Waals surface area contributed by atoms with Gasteiger partial charge in [-0.15, -0.1) is 0 Å². The monoisotopic (exact) mass is 421 g/mol. The Bertz CT molecular complexity index is 1340. The smallest absolute Gasteiger partial charge is 0.261 e. The number of hydrogen-bond donors (Lipinski definition) is 2. The molecule has 0 spiro atoms. The Kier molecular flexibility index (Phi) is 5.16. The summed E-state index contributed by atoms with van der Waals surface area (Å²) in [6.45, 7) is 0. The van der Waals surface area contributed by atoms with Crippen LogP contribution in [0.1, 0.15) is 10.4 Å². The van der Waals surface area contributed by atoms with Gasteiger partial charge in [0.1, 0.15) is 5.82 Å². The highest BCUT2D eigenvalue weighted by Gasteiger charge is 2.17. The lowest BCUT2D eigenvalue weighted by Crippen LogP contribution is -2.16. The van der Waals surface area contributed by atoms with E-state index >= 15 is 0 Å². The number of fused-ring (bicyclic) bond motifs is 1. The summed E-state index contributed by atoms with van der Waals surface area (Å²) in [6.07, 6.45) is 1.54. The number of hydrogen-bond acceptors (Lipinski definition) is 4. The molecule has 0 aliphatic rings. The van der Waals surface area contributed by atoms with Gasteiger partial charge < -0.3 is 5.32 Å². The number of amides is 1. The van der Waals surface area contributed by atoms with Crippen molar-refractivity contribution in [3.05, 3.63) is 96.4 Å². The molecule has 0 aliphatic heterocycles. The normalized spacial score (nSPS) is 11.2. The zero-order valence-electron chi connectivity index (χ0n) is 15.5. The molecular weight excluding hydrogens is 405 g/mol. The van der Waals surface area contributed by atoms with Crippen LogP contribution in [0.15, 0.2) is 90.0 Å². The van der Waals surface area contributed by atoms with E-state index in [1.807, 2.05) is 24.3 Å². The lowest BCUT2D eigenvalue weighted by Gasteiger charge is -2.10. The van der Waals surface area contributed by atoms with Gasteiger partial charge >= 0.3 is 0 Å². The second-order valence-electron chi connectivity index (χ2n) is 6.51. The first kappa shape index (κ1) is 19.5. The van der Waals surface area contributed by atoms with E-state index in [1.165, 1.54) is 42.6 Å². The van der Waals surface area contributed by atoms with Crippen LogP contribution < -0.4 is 10.0 Å². The zero-order valence-corrected chi connectivity index (χ0v) is 16.4. The predicted molar refractivity (Wildman–Crippen MR) is 113 cm³/mol. The summed E-state index contributed by atoms with van der Waals surface area (Å²) in [5.74, 6) is -0.939. The Morgan fingerprint density at radius 3 is 2.43 bits per heavy atom. The predicted octanol–water partition coefficient (Wildman–Crippen LogP) is 4.43. The number of rotatable bonds is 5. The first-order chi connectivity index (χ1) is 14.4. The summed E-state index contributed by atoms with van der Waals surface area (Å²) in [6, 6.07) is 19.9. The highest BCUT2D eigenvalue weighted by atomic mass is 32.2. The number of sulfonamides is 1. The average Bonchev–Trinajstić information content (AvgIpc) is 2.75. The van der Waals surface area contributed by atoms with Gasteiger partial charge in [0.25, 0.3) is 15.9 Å². The molecule has 1 amide bonds. The third kappa shape index (κ3) is 4.28. The van der Waals surface area contributed by atoms with E-state index in [0.717, 1.165) is 23.0 Å². The number of para-hydroxylation sites is 1. The van der Waals surface area contributed by atoms with Crippen LogP contribution in [0, 0.1) is 5.82 Å². The molecule has 8 heteroatoms. The third-order valence-electron chi connectivity index (χ3n) is 4.35. The van der Waals surface area contributed by atoms with Crippen molar-refractivity contribution in [1.29, 1.82) is 0 Å². The van der Waals surface area contributed by atoms with E-state index in [9.17, 15) is 17.6 Å². The first-order valence-electron chi connectivity index (χ1n) is 8.95. The lowest BCUT2D eigenvalue weighted by atomic mass is 10.2. The van der Waals surface area contributed by atoms with Gasteiger partial charge in [-0.3, -0.25) is 14.5 Å². The van der Waals surface area contributed by atoms with Crippen LogP contribution in [-0.4, -0.2) is 19.3 Å². The molecule has 0 bridgehead atoms. The summed E-state index contributed by atoms with van der Waals surface area (Å²) in [5.41, 5.74) is 1.69. The molecule has 3 aromatic carbocycles. The molecule has 0 radical (unpaired) electrons. The quantitative estimate of drug-likeness (QED) is 0.499. The summed E-state index contributed by atoms with van der Waals surface area (Å²) in [4.78, 5) is 16.8. The number of benzene rings is 3. The van der Waals surface area contributed by atoms with Crippen molar-refractivity contribution in [1.82, 2.24) is 4.98 Å². The van der Waals surface area contributed by atoms with Crippen molar-refractivity contribution < 1.29 is 17.6 Å². The molecule has 2 N–H and O–H groups in total. The Hall–Kier alpha value is -3.78. The highest BCUT2D eigenvalue weighted by Crippen LogP contribution is 2.20. The van der Waals surface area contributed by atoms with Crippen LogP contribution in [0.2, 0.25) is 0 Å². The van der Waals surface area contributed by atoms with Gasteiger partial charge in [0, 0.05) is 16.6 Å². The van der Waals surface area contributed by atoms with Gasteiger partial charge in [0.2, 0.25) is 0 Å². The fourth-order valence-corrected chi connectivity index (χ4v) is 3.98. The van der Waals surface area contributed by atoms with Gasteiger partial charge in [-0.1, -0.05) is 24.3 Å². The molecule has 150 valence electrons. The summed E-state index contributed by atoms with van der Waals surface area (Å²) < 4.78 is 40.6. The van der Waals surface area contributed by atoms with Crippen LogP contribution in [0.4, 0.5) is 15.8 Å². The van der Waals surface area contributed by atoms with Crippen molar-refractivity contribution in [2.24, 2.45) is 0 Å². The molecular formula is C22H16FN3O3S. The van der Waals surface area contributed by atoms with E-state index in [2.05, 4.69) is 15.0 Å². The Balaban J connectivity index is 1.55. The van der Waals surface area contributed by atoms with Crippen LogP contribution in [-0.2, 0) is 10.0 Å². The summed E-state index contributed by atoms with van der Waals surface area (Å²) in [5, 5.41) is 3.60. The molecule has 0 saturated heterocycles. The lowest BCUT2D eigenvalue weighted by molar-refractivity contribution is 0.102. The SMILES string of the molecule is O=C(Nc1cnc2ccccc2c1)c1cccc(S(=O)(=O)Nc2ccc(F)cc2)c1. The maximum atomic E-state index is 13.0. The minimum Gasteiger partial charge on any atom is -0.321 e. The van der Waals surface area contributed by atoms with Crippen molar-refractivity contribution in [2.45, 2.75) is 4.90 Å². The number of pyridine rings is 1. The summed E-state index contributed by atoms with van der Waals surface area (Å²) >= 11 is 0. The molecule has 1 heterocycles. The van der Waals surface area contributed by atoms with E-state index in [0.29, 0.717) is 5.69 Å². The van der Waals surface area contributed by atoms with Gasteiger partial charge in [0.15, 0.2) is 0 Å². The molecule has 0 saturated carbocycles. The van der Waals surface area contributed by atoms with E-state index < -0.39 is 21.7 Å². The van der Waals surface area contributed by atoms with Crippen molar-refractivity contribution in [2.75, 3.05) is 10.0 Å². The molecule has 0 aliphatic carbocycles. The van der Waals surface area contributed by atoms with Crippen LogP contribution in [0.25, 0.3) is 10.9 Å². The molecule has 30 heavy (non-hydrogen) atoms. The van der Waals surface area contributed by atoms with Gasteiger partial charge in [-0.2, -0.15) is 0 Å². The van der Waals surface area contributed by atoms with Crippen LogP contribution in [0.5, 0.6) is 0 Å². The highest BCUT2D eigenvalue weighted by molar-refractivity contribution is 7.92. The maximum Gasteiger partial charge on any atom is 0.261 e. The Morgan fingerprint density at radius 1 is 0.867 bits per heavy atom.